The molecule has 1 aromatic rings. The van der Waals surface area contributed by atoms with E-state index < -0.39 is 0 Å². The Bertz CT molecular complexity index is 460. The minimum atomic E-state index is -0.0735. The molecule has 0 aromatic heterocycles. The molecule has 20 heavy (non-hydrogen) atoms. The molecule has 0 aliphatic carbocycles. The number of benzene rings is 1. The van der Waals surface area contributed by atoms with Crippen LogP contribution in [0.1, 0.15) is 18.4 Å². The van der Waals surface area contributed by atoms with E-state index in [1.54, 1.807) is 0 Å². The predicted octanol–water partition coefficient (Wildman–Crippen LogP) is 2.14. The van der Waals surface area contributed by atoms with Crippen molar-refractivity contribution in [1.82, 2.24) is 4.90 Å². The van der Waals surface area contributed by atoms with Gasteiger partial charge in [0.15, 0.2) is 0 Å². The second kappa shape index (κ2) is 6.75. The Labute approximate surface area is 121 Å². The van der Waals surface area contributed by atoms with Crippen LogP contribution in [-0.2, 0) is 16.1 Å². The van der Waals surface area contributed by atoms with Gasteiger partial charge < -0.3 is 9.64 Å². The number of ether oxygens (including phenoxy) is 1. The summed E-state index contributed by atoms with van der Waals surface area (Å²) in [5.74, 6) is -0.0455. The minimum absolute atomic E-state index is 0.0280. The molecule has 2 rings (SSSR count). The van der Waals surface area contributed by atoms with E-state index >= 15 is 0 Å². The normalized spacial score (nSPS) is 19.6. The molecule has 1 fully saturated rings. The van der Waals surface area contributed by atoms with Crippen molar-refractivity contribution in [3.05, 3.63) is 29.8 Å². The van der Waals surface area contributed by atoms with E-state index in [0.29, 0.717) is 0 Å². The molecule has 0 spiro atoms. The molecule has 1 heterocycles. The van der Waals surface area contributed by atoms with Gasteiger partial charge in [0.1, 0.15) is 0 Å². The molecule has 1 aliphatic heterocycles. The Morgan fingerprint density at radius 3 is 2.85 bits per heavy atom. The Kier molecular flexibility index (Phi) is 5.01. The van der Waals surface area contributed by atoms with Crippen LogP contribution in [0.3, 0.4) is 0 Å². The fraction of sp³-hybridized carbons (Fsp3) is 0.562. The minimum Gasteiger partial charge on any atom is -0.469 e. The second-order valence-electron chi connectivity index (χ2n) is 5.62. The quantitative estimate of drug-likeness (QED) is 0.789. The molecule has 1 unspecified atom stereocenters. The summed E-state index contributed by atoms with van der Waals surface area (Å²) in [6.45, 7) is 2.74. The molecular weight excluding hydrogens is 252 g/mol. The van der Waals surface area contributed by atoms with Gasteiger partial charge in [-0.05, 0) is 31.0 Å². The highest BCUT2D eigenvalue weighted by atomic mass is 16.5. The van der Waals surface area contributed by atoms with Gasteiger partial charge in [-0.1, -0.05) is 18.2 Å². The number of esters is 1. The third-order valence-corrected chi connectivity index (χ3v) is 3.91. The van der Waals surface area contributed by atoms with Crippen LogP contribution < -0.4 is 4.90 Å². The van der Waals surface area contributed by atoms with Crippen molar-refractivity contribution in [2.45, 2.75) is 19.4 Å². The topological polar surface area (TPSA) is 32.8 Å². The van der Waals surface area contributed by atoms with Crippen molar-refractivity contribution in [3.8, 4) is 0 Å². The molecule has 0 radical (unpaired) electrons. The number of likely N-dealkylation sites (tertiary alicyclic amines) is 1. The van der Waals surface area contributed by atoms with Gasteiger partial charge in [0.2, 0.25) is 0 Å². The number of methoxy groups -OCH3 is 1. The fourth-order valence-corrected chi connectivity index (χ4v) is 2.88. The van der Waals surface area contributed by atoms with E-state index in [0.717, 1.165) is 32.5 Å². The molecule has 1 saturated heterocycles. The number of rotatable bonds is 4. The SMILES string of the molecule is COC(=O)C1CCCN(Cc2ccccc2N(C)C)C1. The smallest absolute Gasteiger partial charge is 0.309 e. The number of carbonyl (C=O) groups is 1. The largest absolute Gasteiger partial charge is 0.469 e. The summed E-state index contributed by atoms with van der Waals surface area (Å²) in [4.78, 5) is 16.2. The van der Waals surface area contributed by atoms with E-state index in [-0.39, 0.29) is 11.9 Å². The molecule has 0 saturated carbocycles. The van der Waals surface area contributed by atoms with Crippen LogP contribution in [-0.4, -0.2) is 45.2 Å². The highest BCUT2D eigenvalue weighted by Crippen LogP contribution is 2.24. The van der Waals surface area contributed by atoms with E-state index in [1.165, 1.54) is 18.4 Å². The van der Waals surface area contributed by atoms with Crippen LogP contribution in [0.25, 0.3) is 0 Å². The van der Waals surface area contributed by atoms with Crippen molar-refractivity contribution in [3.63, 3.8) is 0 Å². The monoisotopic (exact) mass is 276 g/mol. The van der Waals surface area contributed by atoms with Crippen LogP contribution in [0.2, 0.25) is 0 Å². The van der Waals surface area contributed by atoms with E-state index in [2.05, 4.69) is 48.2 Å². The van der Waals surface area contributed by atoms with Crippen molar-refractivity contribution in [2.24, 2.45) is 5.92 Å². The van der Waals surface area contributed by atoms with Crippen molar-refractivity contribution in [2.75, 3.05) is 39.2 Å². The van der Waals surface area contributed by atoms with Crippen LogP contribution in [0.4, 0.5) is 5.69 Å². The first kappa shape index (κ1) is 14.9. The third-order valence-electron chi connectivity index (χ3n) is 3.91. The standard InChI is InChI=1S/C16H24N2O2/c1-17(2)15-9-5-4-7-13(15)11-18-10-6-8-14(12-18)16(19)20-3/h4-5,7,9,14H,6,8,10-12H2,1-3H3. The van der Waals surface area contributed by atoms with Gasteiger partial charge in [-0.3, -0.25) is 9.69 Å². The number of para-hydroxylation sites is 1. The molecular formula is C16H24N2O2. The van der Waals surface area contributed by atoms with Gasteiger partial charge >= 0.3 is 5.97 Å². The molecule has 4 heteroatoms. The van der Waals surface area contributed by atoms with Crippen LogP contribution in [0.15, 0.2) is 24.3 Å². The van der Waals surface area contributed by atoms with Crippen LogP contribution in [0.5, 0.6) is 0 Å². The average Bonchev–Trinajstić information content (AvgIpc) is 2.47. The summed E-state index contributed by atoms with van der Waals surface area (Å²) in [6.07, 6.45) is 2.00. The summed E-state index contributed by atoms with van der Waals surface area (Å²) in [5, 5.41) is 0. The first-order valence-electron chi connectivity index (χ1n) is 7.17. The molecule has 0 amide bonds. The van der Waals surface area contributed by atoms with Crippen molar-refractivity contribution < 1.29 is 9.53 Å². The number of hydrogen-bond donors (Lipinski definition) is 0. The van der Waals surface area contributed by atoms with Crippen molar-refractivity contribution in [1.29, 1.82) is 0 Å². The maximum absolute atomic E-state index is 11.7. The van der Waals surface area contributed by atoms with E-state index in [1.807, 2.05) is 0 Å². The highest BCUT2D eigenvalue weighted by molar-refractivity contribution is 5.72. The van der Waals surface area contributed by atoms with Gasteiger partial charge in [-0.15, -0.1) is 0 Å². The molecule has 0 N–H and O–H groups in total. The van der Waals surface area contributed by atoms with Gasteiger partial charge in [-0.2, -0.15) is 0 Å². The zero-order chi connectivity index (χ0) is 14.5. The molecule has 110 valence electrons. The number of nitrogens with zero attached hydrogens (tertiary/aromatic N) is 2. The molecule has 1 aromatic carbocycles. The first-order chi connectivity index (χ1) is 9.61. The number of piperidine rings is 1. The second-order valence-corrected chi connectivity index (χ2v) is 5.62. The van der Waals surface area contributed by atoms with Gasteiger partial charge in [0, 0.05) is 32.9 Å². The van der Waals surface area contributed by atoms with Crippen molar-refractivity contribution >= 4 is 11.7 Å². The summed E-state index contributed by atoms with van der Waals surface area (Å²) in [5.41, 5.74) is 2.55. The summed E-state index contributed by atoms with van der Waals surface area (Å²) in [7, 11) is 5.60. The highest BCUT2D eigenvalue weighted by Gasteiger charge is 2.26. The van der Waals surface area contributed by atoms with Gasteiger partial charge in [0.05, 0.1) is 13.0 Å². The number of carbonyl (C=O) groups excluding carboxylic acids is 1. The fourth-order valence-electron chi connectivity index (χ4n) is 2.88. The maximum Gasteiger partial charge on any atom is 0.309 e. The van der Waals surface area contributed by atoms with Gasteiger partial charge in [-0.25, -0.2) is 0 Å². The molecule has 1 atom stereocenters. The lowest BCUT2D eigenvalue weighted by Crippen LogP contribution is -2.38. The molecule has 4 nitrogen and oxygen atoms in total. The number of anilines is 1. The first-order valence-corrected chi connectivity index (χ1v) is 7.17. The summed E-state index contributed by atoms with van der Waals surface area (Å²) < 4.78 is 4.88. The van der Waals surface area contributed by atoms with E-state index in [4.69, 9.17) is 4.74 Å². The number of hydrogen-bond acceptors (Lipinski definition) is 4. The average molecular weight is 276 g/mol. The summed E-state index contributed by atoms with van der Waals surface area (Å²) >= 11 is 0. The summed E-state index contributed by atoms with van der Waals surface area (Å²) in [6, 6.07) is 8.44. The maximum atomic E-state index is 11.7. The lowest BCUT2D eigenvalue weighted by Gasteiger charge is -2.32. The van der Waals surface area contributed by atoms with Gasteiger partial charge in [0.25, 0.3) is 0 Å². The Balaban J connectivity index is 2.04. The van der Waals surface area contributed by atoms with E-state index in [9.17, 15) is 4.79 Å². The Morgan fingerprint density at radius 1 is 1.40 bits per heavy atom. The van der Waals surface area contributed by atoms with Crippen LogP contribution in [0, 0.1) is 5.92 Å². The zero-order valence-electron chi connectivity index (χ0n) is 12.6. The predicted molar refractivity (Wildman–Crippen MR) is 80.8 cm³/mol. The lowest BCUT2D eigenvalue weighted by molar-refractivity contribution is -0.147. The lowest BCUT2D eigenvalue weighted by atomic mass is 9.97. The Morgan fingerprint density at radius 2 is 2.15 bits per heavy atom. The molecule has 1 aliphatic rings. The third kappa shape index (κ3) is 3.51. The van der Waals surface area contributed by atoms with Crippen LogP contribution >= 0.6 is 0 Å². The Hall–Kier alpha value is -1.55. The molecule has 0 bridgehead atoms. The zero-order valence-corrected chi connectivity index (χ0v) is 12.6.